The third-order valence-electron chi connectivity index (χ3n) is 4.12. The molecule has 1 aliphatic rings. The summed E-state index contributed by atoms with van der Waals surface area (Å²) in [6, 6.07) is 10.1. The van der Waals surface area contributed by atoms with Crippen LogP contribution in [-0.2, 0) is 4.74 Å². The van der Waals surface area contributed by atoms with Crippen LogP contribution in [0, 0.1) is 6.92 Å². The van der Waals surface area contributed by atoms with Crippen molar-refractivity contribution in [3.8, 4) is 0 Å². The van der Waals surface area contributed by atoms with Crippen molar-refractivity contribution in [1.82, 2.24) is 15.0 Å². The average Bonchev–Trinajstić information content (AvgIpc) is 3.11. The van der Waals surface area contributed by atoms with Crippen molar-refractivity contribution in [2.45, 2.75) is 6.92 Å². The van der Waals surface area contributed by atoms with Gasteiger partial charge in [0.05, 0.1) is 24.8 Å². The van der Waals surface area contributed by atoms with Gasteiger partial charge < -0.3 is 14.6 Å². The first-order valence-corrected chi connectivity index (χ1v) is 8.33. The molecule has 1 fully saturated rings. The standard InChI is InChI=1S/C18H20N6O/c1-13-3-2-4-14(11-13)12-20-23-17-15-5-6-19-16(15)21-18(22-17)24-7-9-25-10-8-24/h2-6,11-12H,7-10H2,1H3,(H2,19,21,22,23). The van der Waals surface area contributed by atoms with Crippen LogP contribution in [-0.4, -0.2) is 47.5 Å². The molecule has 1 saturated heterocycles. The second kappa shape index (κ2) is 6.90. The molecule has 0 atom stereocenters. The highest BCUT2D eigenvalue weighted by Crippen LogP contribution is 2.23. The Bertz CT molecular complexity index is 897. The summed E-state index contributed by atoms with van der Waals surface area (Å²) in [5, 5.41) is 5.26. The van der Waals surface area contributed by atoms with Crippen LogP contribution >= 0.6 is 0 Å². The number of aryl methyl sites for hydroxylation is 1. The Kier molecular flexibility index (Phi) is 4.30. The lowest BCUT2D eigenvalue weighted by Gasteiger charge is -2.26. The molecular formula is C18H20N6O. The average molecular weight is 336 g/mol. The molecule has 0 unspecified atom stereocenters. The number of nitrogens with one attached hydrogen (secondary N) is 2. The largest absolute Gasteiger partial charge is 0.378 e. The minimum Gasteiger partial charge on any atom is -0.378 e. The Hall–Kier alpha value is -2.93. The molecule has 0 amide bonds. The van der Waals surface area contributed by atoms with Crippen molar-refractivity contribution in [3.05, 3.63) is 47.7 Å². The van der Waals surface area contributed by atoms with E-state index in [1.54, 1.807) is 6.21 Å². The topological polar surface area (TPSA) is 78.4 Å². The zero-order chi connectivity index (χ0) is 17.1. The molecular weight excluding hydrogens is 316 g/mol. The van der Waals surface area contributed by atoms with Crippen LogP contribution in [0.1, 0.15) is 11.1 Å². The molecule has 3 aromatic rings. The molecule has 2 N–H and O–H groups in total. The first-order chi connectivity index (χ1) is 12.3. The minimum atomic E-state index is 0.687. The summed E-state index contributed by atoms with van der Waals surface area (Å²) >= 11 is 0. The van der Waals surface area contributed by atoms with E-state index in [-0.39, 0.29) is 0 Å². The van der Waals surface area contributed by atoms with Gasteiger partial charge in [-0.05, 0) is 18.6 Å². The highest BCUT2D eigenvalue weighted by atomic mass is 16.5. The van der Waals surface area contributed by atoms with Crippen molar-refractivity contribution in [2.24, 2.45) is 5.10 Å². The predicted octanol–water partition coefficient (Wildman–Crippen LogP) is 2.55. The van der Waals surface area contributed by atoms with Gasteiger partial charge in [-0.3, -0.25) is 5.43 Å². The normalized spacial score (nSPS) is 15.2. The molecule has 1 aliphatic heterocycles. The van der Waals surface area contributed by atoms with Gasteiger partial charge in [0.1, 0.15) is 5.65 Å². The number of morpholine rings is 1. The van der Waals surface area contributed by atoms with E-state index in [2.05, 4.69) is 49.4 Å². The van der Waals surface area contributed by atoms with Gasteiger partial charge in [-0.15, -0.1) is 0 Å². The van der Waals surface area contributed by atoms with Gasteiger partial charge >= 0.3 is 0 Å². The van der Waals surface area contributed by atoms with Crippen molar-refractivity contribution in [1.29, 1.82) is 0 Å². The molecule has 0 spiro atoms. The monoisotopic (exact) mass is 336 g/mol. The third kappa shape index (κ3) is 3.46. The zero-order valence-corrected chi connectivity index (χ0v) is 14.1. The summed E-state index contributed by atoms with van der Waals surface area (Å²) in [5.41, 5.74) is 6.10. The number of aromatic amines is 1. The number of aromatic nitrogens is 3. The van der Waals surface area contributed by atoms with E-state index in [1.165, 1.54) is 5.56 Å². The quantitative estimate of drug-likeness (QED) is 0.565. The Balaban J connectivity index is 1.60. The van der Waals surface area contributed by atoms with Crippen LogP contribution < -0.4 is 10.3 Å². The highest BCUT2D eigenvalue weighted by molar-refractivity contribution is 5.89. The van der Waals surface area contributed by atoms with Gasteiger partial charge in [0, 0.05) is 19.3 Å². The fourth-order valence-electron chi connectivity index (χ4n) is 2.84. The molecule has 3 heterocycles. The second-order valence-corrected chi connectivity index (χ2v) is 6.00. The summed E-state index contributed by atoms with van der Waals surface area (Å²) in [5.74, 6) is 1.38. The molecule has 7 heteroatoms. The maximum Gasteiger partial charge on any atom is 0.229 e. The van der Waals surface area contributed by atoms with E-state index < -0.39 is 0 Å². The van der Waals surface area contributed by atoms with Gasteiger partial charge in [0.15, 0.2) is 5.82 Å². The van der Waals surface area contributed by atoms with Crippen LogP contribution in [0.25, 0.3) is 11.0 Å². The van der Waals surface area contributed by atoms with E-state index in [0.717, 1.165) is 29.7 Å². The summed E-state index contributed by atoms with van der Waals surface area (Å²) < 4.78 is 5.40. The number of hydrazone groups is 1. The van der Waals surface area contributed by atoms with Crippen LogP contribution in [0.2, 0.25) is 0 Å². The third-order valence-corrected chi connectivity index (χ3v) is 4.12. The molecule has 128 valence electrons. The zero-order valence-electron chi connectivity index (χ0n) is 14.1. The van der Waals surface area contributed by atoms with Gasteiger partial charge in [-0.25, -0.2) is 0 Å². The Labute approximate surface area is 145 Å². The van der Waals surface area contributed by atoms with E-state index in [9.17, 15) is 0 Å². The fourth-order valence-corrected chi connectivity index (χ4v) is 2.84. The highest BCUT2D eigenvalue weighted by Gasteiger charge is 2.16. The number of benzene rings is 1. The minimum absolute atomic E-state index is 0.687. The molecule has 7 nitrogen and oxygen atoms in total. The molecule has 0 radical (unpaired) electrons. The van der Waals surface area contributed by atoms with Crippen LogP contribution in [0.3, 0.4) is 0 Å². The molecule has 2 aromatic heterocycles. The van der Waals surface area contributed by atoms with Gasteiger partial charge in [0.2, 0.25) is 5.95 Å². The summed E-state index contributed by atoms with van der Waals surface area (Å²) in [6.07, 6.45) is 3.65. The van der Waals surface area contributed by atoms with Gasteiger partial charge in [-0.2, -0.15) is 15.1 Å². The van der Waals surface area contributed by atoms with Crippen molar-refractivity contribution < 1.29 is 4.74 Å². The smallest absolute Gasteiger partial charge is 0.229 e. The summed E-state index contributed by atoms with van der Waals surface area (Å²) in [4.78, 5) is 14.5. The number of fused-ring (bicyclic) bond motifs is 1. The number of H-pyrrole nitrogens is 1. The molecule has 25 heavy (non-hydrogen) atoms. The Morgan fingerprint density at radius 1 is 1.24 bits per heavy atom. The number of rotatable bonds is 4. The van der Waals surface area contributed by atoms with E-state index in [4.69, 9.17) is 4.74 Å². The second-order valence-electron chi connectivity index (χ2n) is 6.00. The molecule has 0 bridgehead atoms. The molecule has 0 aliphatic carbocycles. The van der Waals surface area contributed by atoms with E-state index >= 15 is 0 Å². The van der Waals surface area contributed by atoms with E-state index in [0.29, 0.717) is 25.0 Å². The van der Waals surface area contributed by atoms with Gasteiger partial charge in [-0.1, -0.05) is 29.8 Å². The lowest BCUT2D eigenvalue weighted by atomic mass is 10.2. The molecule has 0 saturated carbocycles. The number of anilines is 2. The fraction of sp³-hybridized carbons (Fsp3) is 0.278. The lowest BCUT2D eigenvalue weighted by Crippen LogP contribution is -2.37. The lowest BCUT2D eigenvalue weighted by molar-refractivity contribution is 0.122. The Morgan fingerprint density at radius 3 is 2.96 bits per heavy atom. The number of nitrogens with zero attached hydrogens (tertiary/aromatic N) is 4. The van der Waals surface area contributed by atoms with Crippen LogP contribution in [0.4, 0.5) is 11.8 Å². The van der Waals surface area contributed by atoms with Crippen molar-refractivity contribution in [3.63, 3.8) is 0 Å². The first kappa shape index (κ1) is 15.6. The van der Waals surface area contributed by atoms with Crippen LogP contribution in [0.5, 0.6) is 0 Å². The maximum absolute atomic E-state index is 5.40. The van der Waals surface area contributed by atoms with Crippen molar-refractivity contribution >= 4 is 29.0 Å². The van der Waals surface area contributed by atoms with Crippen LogP contribution in [0.15, 0.2) is 41.6 Å². The number of hydrogen-bond acceptors (Lipinski definition) is 6. The van der Waals surface area contributed by atoms with Crippen molar-refractivity contribution in [2.75, 3.05) is 36.6 Å². The summed E-state index contributed by atoms with van der Waals surface area (Å²) in [6.45, 7) is 5.03. The number of ether oxygens (including phenoxy) is 1. The van der Waals surface area contributed by atoms with Gasteiger partial charge in [0.25, 0.3) is 0 Å². The number of hydrogen-bond donors (Lipinski definition) is 2. The molecule has 4 rings (SSSR count). The first-order valence-electron chi connectivity index (χ1n) is 8.33. The van der Waals surface area contributed by atoms with E-state index in [1.807, 2.05) is 24.4 Å². The maximum atomic E-state index is 5.40. The predicted molar refractivity (Wildman–Crippen MR) is 99.3 cm³/mol. The Morgan fingerprint density at radius 2 is 2.12 bits per heavy atom. The molecule has 1 aromatic carbocycles. The SMILES string of the molecule is Cc1cccc(C=NNc2nc(N3CCOCC3)nc3[nH]ccc23)c1. The summed E-state index contributed by atoms with van der Waals surface area (Å²) in [7, 11) is 0.